The SMILES string of the molecule is Cc1ncc(S(=O)(=O)N2CCN(C(C)C#N)CC2)s1. The molecule has 1 fully saturated rings. The molecule has 0 spiro atoms. The zero-order chi connectivity index (χ0) is 14.0. The van der Waals surface area contributed by atoms with Gasteiger partial charge in [0.25, 0.3) is 10.0 Å². The first-order valence-electron chi connectivity index (χ1n) is 6.01. The lowest BCUT2D eigenvalue weighted by Crippen LogP contribution is -2.50. The number of rotatable bonds is 3. The number of hydrogen-bond donors (Lipinski definition) is 0. The second-order valence-corrected chi connectivity index (χ2v) is 7.84. The van der Waals surface area contributed by atoms with E-state index in [4.69, 9.17) is 5.26 Å². The molecule has 19 heavy (non-hydrogen) atoms. The van der Waals surface area contributed by atoms with Gasteiger partial charge in [-0.3, -0.25) is 4.90 Å². The smallest absolute Gasteiger partial charge is 0.254 e. The van der Waals surface area contributed by atoms with Crippen molar-refractivity contribution in [1.82, 2.24) is 14.2 Å². The highest BCUT2D eigenvalue weighted by molar-refractivity contribution is 7.91. The molecule has 0 aliphatic carbocycles. The van der Waals surface area contributed by atoms with Gasteiger partial charge in [-0.15, -0.1) is 11.3 Å². The van der Waals surface area contributed by atoms with Crippen LogP contribution in [0.4, 0.5) is 0 Å². The molecule has 1 aromatic rings. The summed E-state index contributed by atoms with van der Waals surface area (Å²) >= 11 is 1.19. The minimum Gasteiger partial charge on any atom is -0.286 e. The van der Waals surface area contributed by atoms with Crippen molar-refractivity contribution < 1.29 is 8.42 Å². The first kappa shape index (κ1) is 14.4. The molecule has 104 valence electrons. The highest BCUT2D eigenvalue weighted by Gasteiger charge is 2.31. The molecule has 1 aliphatic heterocycles. The van der Waals surface area contributed by atoms with Crippen LogP contribution in [-0.2, 0) is 10.0 Å². The Bertz CT molecular complexity index is 582. The maximum absolute atomic E-state index is 12.4. The molecule has 1 aliphatic rings. The molecule has 0 amide bonds. The summed E-state index contributed by atoms with van der Waals surface area (Å²) in [5.74, 6) is 0. The molecule has 1 saturated heterocycles. The Morgan fingerprint density at radius 3 is 2.53 bits per heavy atom. The van der Waals surface area contributed by atoms with Crippen molar-refractivity contribution in [1.29, 1.82) is 5.26 Å². The van der Waals surface area contributed by atoms with E-state index in [0.29, 0.717) is 30.4 Å². The molecular weight excluding hydrogens is 284 g/mol. The van der Waals surface area contributed by atoms with Crippen LogP contribution in [0.1, 0.15) is 11.9 Å². The van der Waals surface area contributed by atoms with Gasteiger partial charge in [0.2, 0.25) is 0 Å². The van der Waals surface area contributed by atoms with Gasteiger partial charge < -0.3 is 0 Å². The zero-order valence-electron chi connectivity index (χ0n) is 10.9. The first-order chi connectivity index (χ1) is 8.95. The van der Waals surface area contributed by atoms with E-state index in [0.717, 1.165) is 5.01 Å². The summed E-state index contributed by atoms with van der Waals surface area (Å²) in [5.41, 5.74) is 0. The van der Waals surface area contributed by atoms with E-state index < -0.39 is 10.0 Å². The number of piperazine rings is 1. The van der Waals surface area contributed by atoms with Gasteiger partial charge in [0.05, 0.1) is 23.3 Å². The van der Waals surface area contributed by atoms with E-state index in [1.54, 1.807) is 6.92 Å². The third-order valence-corrected chi connectivity index (χ3v) is 6.45. The van der Waals surface area contributed by atoms with Gasteiger partial charge in [0.1, 0.15) is 0 Å². The molecular formula is C11H16N4O2S2. The summed E-state index contributed by atoms with van der Waals surface area (Å²) in [4.78, 5) is 5.98. The molecule has 2 rings (SSSR count). The Balaban J connectivity index is 2.08. The number of sulfonamides is 1. The predicted octanol–water partition coefficient (Wildman–Crippen LogP) is 0.670. The molecule has 2 heterocycles. The second kappa shape index (κ2) is 5.54. The molecule has 6 nitrogen and oxygen atoms in total. The molecule has 1 aromatic heterocycles. The van der Waals surface area contributed by atoms with E-state index in [9.17, 15) is 8.42 Å². The van der Waals surface area contributed by atoms with E-state index in [-0.39, 0.29) is 6.04 Å². The summed E-state index contributed by atoms with van der Waals surface area (Å²) in [5, 5.41) is 9.61. The molecule has 1 unspecified atom stereocenters. The molecule has 0 saturated carbocycles. The summed E-state index contributed by atoms with van der Waals surface area (Å²) in [6.07, 6.45) is 1.42. The Morgan fingerprint density at radius 2 is 2.05 bits per heavy atom. The largest absolute Gasteiger partial charge is 0.286 e. The van der Waals surface area contributed by atoms with Crippen LogP contribution in [0, 0.1) is 18.3 Å². The third kappa shape index (κ3) is 2.95. The van der Waals surface area contributed by atoms with Crippen LogP contribution in [0.2, 0.25) is 0 Å². The zero-order valence-corrected chi connectivity index (χ0v) is 12.5. The Kier molecular flexibility index (Phi) is 4.20. The van der Waals surface area contributed by atoms with Gasteiger partial charge in [0, 0.05) is 26.2 Å². The molecule has 8 heteroatoms. The summed E-state index contributed by atoms with van der Waals surface area (Å²) in [7, 11) is -3.42. The van der Waals surface area contributed by atoms with Crippen molar-refractivity contribution in [3.05, 3.63) is 11.2 Å². The molecule has 0 bridgehead atoms. The molecule has 0 radical (unpaired) electrons. The summed E-state index contributed by atoms with van der Waals surface area (Å²) in [6.45, 7) is 5.64. The summed E-state index contributed by atoms with van der Waals surface area (Å²) < 4.78 is 26.5. The molecule has 0 aromatic carbocycles. The number of aromatic nitrogens is 1. The van der Waals surface area contributed by atoms with Crippen LogP contribution in [0.25, 0.3) is 0 Å². The minimum absolute atomic E-state index is 0.171. The maximum Gasteiger partial charge on any atom is 0.254 e. The second-order valence-electron chi connectivity index (χ2n) is 4.44. The monoisotopic (exact) mass is 300 g/mol. The van der Waals surface area contributed by atoms with Crippen LogP contribution in [0.15, 0.2) is 10.4 Å². The fourth-order valence-electron chi connectivity index (χ4n) is 2.00. The quantitative estimate of drug-likeness (QED) is 0.820. The van der Waals surface area contributed by atoms with E-state index >= 15 is 0 Å². The first-order valence-corrected chi connectivity index (χ1v) is 8.27. The van der Waals surface area contributed by atoms with Crippen molar-refractivity contribution in [2.45, 2.75) is 24.1 Å². The third-order valence-electron chi connectivity index (χ3n) is 3.20. The predicted molar refractivity (Wildman–Crippen MR) is 72.3 cm³/mol. The van der Waals surface area contributed by atoms with Crippen molar-refractivity contribution in [3.63, 3.8) is 0 Å². The van der Waals surface area contributed by atoms with Crippen LogP contribution < -0.4 is 0 Å². The van der Waals surface area contributed by atoms with Crippen LogP contribution in [-0.4, -0.2) is 54.8 Å². The molecule has 0 N–H and O–H groups in total. The average molecular weight is 300 g/mol. The fourth-order valence-corrected chi connectivity index (χ4v) is 4.69. The van der Waals surface area contributed by atoms with Crippen LogP contribution >= 0.6 is 11.3 Å². The Labute approximate surface area is 117 Å². The fraction of sp³-hybridized carbons (Fsp3) is 0.636. The Morgan fingerprint density at radius 1 is 1.42 bits per heavy atom. The maximum atomic E-state index is 12.4. The lowest BCUT2D eigenvalue weighted by molar-refractivity contribution is 0.170. The standard InChI is InChI=1S/C11H16N4O2S2/c1-9(7-12)14-3-5-15(6-4-14)19(16,17)11-8-13-10(2)18-11/h8-9H,3-6H2,1-2H3. The lowest BCUT2D eigenvalue weighted by Gasteiger charge is -2.34. The van der Waals surface area contributed by atoms with Crippen molar-refractivity contribution in [2.24, 2.45) is 0 Å². The van der Waals surface area contributed by atoms with Gasteiger partial charge in [-0.05, 0) is 13.8 Å². The van der Waals surface area contributed by atoms with Crippen molar-refractivity contribution in [2.75, 3.05) is 26.2 Å². The average Bonchev–Trinajstić information content (AvgIpc) is 2.85. The number of aryl methyl sites for hydroxylation is 1. The normalized spacial score (nSPS) is 20.1. The Hall–Kier alpha value is -1.01. The number of thiazole rings is 1. The topological polar surface area (TPSA) is 77.3 Å². The van der Waals surface area contributed by atoms with Crippen LogP contribution in [0.3, 0.4) is 0 Å². The van der Waals surface area contributed by atoms with Crippen molar-refractivity contribution in [3.8, 4) is 6.07 Å². The van der Waals surface area contributed by atoms with Gasteiger partial charge in [-0.25, -0.2) is 13.4 Å². The van der Waals surface area contributed by atoms with Gasteiger partial charge in [0.15, 0.2) is 4.21 Å². The van der Waals surface area contributed by atoms with Crippen molar-refractivity contribution >= 4 is 21.4 Å². The van der Waals surface area contributed by atoms with Gasteiger partial charge in [-0.1, -0.05) is 0 Å². The molecule has 1 atom stereocenters. The van der Waals surface area contributed by atoms with Crippen LogP contribution in [0.5, 0.6) is 0 Å². The highest BCUT2D eigenvalue weighted by atomic mass is 32.2. The van der Waals surface area contributed by atoms with E-state index in [2.05, 4.69) is 11.1 Å². The van der Waals surface area contributed by atoms with E-state index in [1.807, 2.05) is 11.8 Å². The number of nitrogens with zero attached hydrogens (tertiary/aromatic N) is 4. The summed E-state index contributed by atoms with van der Waals surface area (Å²) in [6, 6.07) is 2.00. The lowest BCUT2D eigenvalue weighted by atomic mass is 10.2. The van der Waals surface area contributed by atoms with Gasteiger partial charge >= 0.3 is 0 Å². The van der Waals surface area contributed by atoms with Gasteiger partial charge in [-0.2, -0.15) is 9.57 Å². The van der Waals surface area contributed by atoms with E-state index in [1.165, 1.54) is 21.8 Å². The minimum atomic E-state index is -3.42. The number of nitriles is 1. The highest BCUT2D eigenvalue weighted by Crippen LogP contribution is 2.23. The number of hydrogen-bond acceptors (Lipinski definition) is 6.